The van der Waals surface area contributed by atoms with E-state index in [1.165, 1.54) is 6.92 Å². The van der Waals surface area contributed by atoms with Crippen LogP contribution in [0.4, 0.5) is 0 Å². The molecule has 11 atom stereocenters. The van der Waals surface area contributed by atoms with Crippen molar-refractivity contribution in [1.29, 1.82) is 0 Å². The predicted octanol–water partition coefficient (Wildman–Crippen LogP) is 6.31. The topological polar surface area (TPSA) is 72.8 Å². The maximum atomic E-state index is 13.7. The first-order valence-corrected chi connectivity index (χ1v) is 15.2. The highest BCUT2D eigenvalue weighted by molar-refractivity contribution is 5.82. The van der Waals surface area contributed by atoms with Crippen LogP contribution in [0.2, 0.25) is 0 Å². The lowest BCUT2D eigenvalue weighted by Crippen LogP contribution is -2.72. The van der Waals surface area contributed by atoms with Crippen molar-refractivity contribution in [3.63, 3.8) is 0 Å². The Morgan fingerprint density at radius 3 is 2.30 bits per heavy atom. The van der Waals surface area contributed by atoms with Gasteiger partial charge in [0.2, 0.25) is 0 Å². The highest BCUT2D eigenvalue weighted by Crippen LogP contribution is 2.81. The molecule has 0 amide bonds. The monoisotopic (exact) mass is 514 g/mol. The van der Waals surface area contributed by atoms with E-state index in [4.69, 9.17) is 9.47 Å². The van der Waals surface area contributed by atoms with Crippen molar-refractivity contribution in [2.24, 2.45) is 56.7 Å². The fraction of sp³-hybridized carbons (Fsp3) is 0.938. The normalized spacial score (nSPS) is 55.6. The third-order valence-corrected chi connectivity index (χ3v) is 14.3. The van der Waals surface area contributed by atoms with E-state index < -0.39 is 12.2 Å². The van der Waals surface area contributed by atoms with Gasteiger partial charge in [0.05, 0.1) is 11.5 Å². The molecule has 0 radical (unpaired) electrons. The van der Waals surface area contributed by atoms with Gasteiger partial charge >= 0.3 is 11.9 Å². The molecule has 5 nitrogen and oxygen atoms in total. The maximum Gasteiger partial charge on any atom is 0.313 e. The van der Waals surface area contributed by atoms with Crippen molar-refractivity contribution in [3.05, 3.63) is 0 Å². The molecule has 37 heavy (non-hydrogen) atoms. The van der Waals surface area contributed by atoms with E-state index in [0.29, 0.717) is 36.0 Å². The van der Waals surface area contributed by atoms with Crippen molar-refractivity contribution in [1.82, 2.24) is 0 Å². The van der Waals surface area contributed by atoms with Gasteiger partial charge in [-0.2, -0.15) is 0 Å². The van der Waals surface area contributed by atoms with Crippen LogP contribution >= 0.6 is 0 Å². The summed E-state index contributed by atoms with van der Waals surface area (Å²) in [5.74, 6) is 2.07. The van der Waals surface area contributed by atoms with Gasteiger partial charge in [0.1, 0.15) is 11.7 Å². The Morgan fingerprint density at radius 2 is 1.65 bits per heavy atom. The maximum absolute atomic E-state index is 13.7. The molecule has 6 fully saturated rings. The van der Waals surface area contributed by atoms with Crippen LogP contribution in [0.1, 0.15) is 113 Å². The molecule has 208 valence electrons. The van der Waals surface area contributed by atoms with Crippen molar-refractivity contribution in [3.8, 4) is 0 Å². The van der Waals surface area contributed by atoms with Gasteiger partial charge in [-0.25, -0.2) is 0 Å². The molecule has 6 rings (SSSR count). The molecule has 1 saturated heterocycles. The van der Waals surface area contributed by atoms with Crippen molar-refractivity contribution >= 4 is 11.9 Å². The Labute approximate surface area is 223 Å². The summed E-state index contributed by atoms with van der Waals surface area (Å²) in [5, 5.41) is 11.4. The fourth-order valence-corrected chi connectivity index (χ4v) is 12.8. The third kappa shape index (κ3) is 2.81. The van der Waals surface area contributed by atoms with E-state index in [1.807, 2.05) is 0 Å². The minimum absolute atomic E-state index is 0.0292. The van der Waals surface area contributed by atoms with Gasteiger partial charge in [0.25, 0.3) is 0 Å². The van der Waals surface area contributed by atoms with Gasteiger partial charge in [-0.05, 0) is 92.3 Å². The van der Waals surface area contributed by atoms with E-state index in [9.17, 15) is 14.7 Å². The second-order valence-corrected chi connectivity index (χ2v) is 15.9. The average Bonchev–Trinajstić information content (AvgIpc) is 3.26. The Morgan fingerprint density at radius 1 is 0.973 bits per heavy atom. The van der Waals surface area contributed by atoms with Crippen LogP contribution in [-0.4, -0.2) is 34.9 Å². The number of aliphatic hydroxyl groups excluding tert-OH is 1. The average molecular weight is 515 g/mol. The lowest BCUT2D eigenvalue weighted by atomic mass is 9.31. The molecule has 6 aliphatic rings. The van der Waals surface area contributed by atoms with Crippen molar-refractivity contribution in [2.45, 2.75) is 131 Å². The molecule has 0 aromatic heterocycles. The van der Waals surface area contributed by atoms with Crippen LogP contribution in [0.3, 0.4) is 0 Å². The van der Waals surface area contributed by atoms with Gasteiger partial charge in [-0.15, -0.1) is 0 Å². The fourth-order valence-electron chi connectivity index (χ4n) is 12.8. The summed E-state index contributed by atoms with van der Waals surface area (Å²) >= 11 is 0. The molecule has 5 heteroatoms. The van der Waals surface area contributed by atoms with Crippen LogP contribution in [0, 0.1) is 56.7 Å². The smallest absolute Gasteiger partial charge is 0.313 e. The van der Waals surface area contributed by atoms with E-state index in [1.54, 1.807) is 0 Å². The van der Waals surface area contributed by atoms with Crippen molar-refractivity contribution in [2.75, 3.05) is 0 Å². The van der Waals surface area contributed by atoms with Gasteiger partial charge in [0.15, 0.2) is 0 Å². The number of fused-ring (bicyclic) bond motifs is 4. The Bertz CT molecular complexity index is 1020. The van der Waals surface area contributed by atoms with Crippen LogP contribution in [0.25, 0.3) is 0 Å². The lowest BCUT2D eigenvalue weighted by Gasteiger charge is -2.73. The van der Waals surface area contributed by atoms with Crippen LogP contribution in [0.5, 0.6) is 0 Å². The summed E-state index contributed by atoms with van der Waals surface area (Å²) < 4.78 is 12.5. The van der Waals surface area contributed by atoms with E-state index in [0.717, 1.165) is 51.4 Å². The second kappa shape index (κ2) is 7.55. The minimum atomic E-state index is -0.658. The number of hydrogen-bond donors (Lipinski definition) is 1. The van der Waals surface area contributed by atoms with Crippen LogP contribution < -0.4 is 0 Å². The second-order valence-electron chi connectivity index (χ2n) is 15.9. The number of ether oxygens (including phenoxy) is 2. The molecule has 1 N–H and O–H groups in total. The zero-order chi connectivity index (χ0) is 27.0. The van der Waals surface area contributed by atoms with Crippen LogP contribution in [-0.2, 0) is 19.1 Å². The molecule has 5 saturated carbocycles. The number of esters is 2. The van der Waals surface area contributed by atoms with Crippen molar-refractivity contribution < 1.29 is 24.2 Å². The summed E-state index contributed by atoms with van der Waals surface area (Å²) in [6, 6.07) is 0. The number of rotatable bonds is 2. The molecule has 1 spiro atoms. The molecular weight excluding hydrogens is 464 g/mol. The van der Waals surface area contributed by atoms with E-state index in [2.05, 4.69) is 48.5 Å². The molecular formula is C32H50O5. The Balaban J connectivity index is 1.43. The lowest BCUT2D eigenvalue weighted by molar-refractivity contribution is -0.293. The molecule has 0 aromatic rings. The van der Waals surface area contributed by atoms with E-state index >= 15 is 0 Å². The number of hydrogen-bond acceptors (Lipinski definition) is 5. The van der Waals surface area contributed by atoms with Gasteiger partial charge < -0.3 is 14.6 Å². The first-order chi connectivity index (χ1) is 17.1. The first-order valence-electron chi connectivity index (χ1n) is 15.2. The quantitative estimate of drug-likeness (QED) is 0.438. The van der Waals surface area contributed by atoms with Gasteiger partial charge in [0, 0.05) is 23.7 Å². The number of carbonyl (C=O) groups excluding carboxylic acids is 2. The number of carbonyl (C=O) groups is 2. The highest BCUT2D eigenvalue weighted by Gasteiger charge is 2.82. The molecule has 1 aliphatic heterocycles. The SMILES string of the molecule is CC(=O)O[C@@H]1[C@@H](O)C[C@]2(C)[C@H]3CC[C@]45OC(=O)[C@@]6(CC[C@@H](C(C)C)[C@@H]64)CC[C@@]5(C)[C@]3(C)CC[C@H]2C1(C)C. The van der Waals surface area contributed by atoms with Gasteiger partial charge in [-0.3, -0.25) is 9.59 Å². The Hall–Kier alpha value is -1.10. The minimum Gasteiger partial charge on any atom is -0.459 e. The molecule has 0 aromatic carbocycles. The summed E-state index contributed by atoms with van der Waals surface area (Å²) in [4.78, 5) is 25.7. The molecule has 2 bridgehead atoms. The molecule has 1 heterocycles. The zero-order valence-electron chi connectivity index (χ0n) is 24.5. The first kappa shape index (κ1) is 26.1. The largest absolute Gasteiger partial charge is 0.459 e. The van der Waals surface area contributed by atoms with E-state index in [-0.39, 0.29) is 44.6 Å². The molecule has 0 unspecified atom stereocenters. The molecule has 5 aliphatic carbocycles. The van der Waals surface area contributed by atoms with Crippen LogP contribution in [0.15, 0.2) is 0 Å². The summed E-state index contributed by atoms with van der Waals surface area (Å²) in [6.07, 6.45) is 7.92. The third-order valence-electron chi connectivity index (χ3n) is 14.3. The standard InChI is InChI=1S/C32H50O5/c1-18(2)20-9-13-31-16-15-30(8)29(7)12-10-22-27(4,5)25(36-19(3)33)21(34)17-28(22,6)23(29)11-14-32(30,24(20)31)37-26(31)35/h18,20-25,34H,9-17H2,1-8H3/t20-,21-,22-,23+,24-,25+,28-,29+,30-,31-,32-/m0/s1. The van der Waals surface area contributed by atoms with Gasteiger partial charge in [-0.1, -0.05) is 48.5 Å². The summed E-state index contributed by atoms with van der Waals surface area (Å²) in [5.41, 5.74) is -1.00. The Kier molecular flexibility index (Phi) is 5.33. The summed E-state index contributed by atoms with van der Waals surface area (Å²) in [6.45, 7) is 18.0. The zero-order valence-corrected chi connectivity index (χ0v) is 24.5. The predicted molar refractivity (Wildman–Crippen MR) is 141 cm³/mol. The summed E-state index contributed by atoms with van der Waals surface area (Å²) in [7, 11) is 0. The highest BCUT2D eigenvalue weighted by atomic mass is 16.6. The number of aliphatic hydroxyl groups is 1.